The van der Waals surface area contributed by atoms with Crippen LogP contribution in [0.5, 0.6) is 11.5 Å². The number of phenols is 1. The van der Waals surface area contributed by atoms with Gasteiger partial charge in [0.2, 0.25) is 0 Å². The molecule has 1 unspecified atom stereocenters. The highest BCUT2D eigenvalue weighted by Crippen LogP contribution is 2.35. The fraction of sp³-hybridized carbons (Fsp3) is 0.250. The molecule has 1 atom stereocenters. The number of nitrogens with one attached hydrogen (secondary N) is 1. The SMILES string of the molecule is CCC(Nc1cc(OC)ccc1Cl)c1cc(Br)ccc1O. The third-order valence-corrected chi connectivity index (χ3v) is 4.10. The van der Waals surface area contributed by atoms with Crippen molar-refractivity contribution in [2.24, 2.45) is 0 Å². The summed E-state index contributed by atoms with van der Waals surface area (Å²) < 4.78 is 6.14. The van der Waals surface area contributed by atoms with Crippen LogP contribution in [0.2, 0.25) is 5.02 Å². The summed E-state index contributed by atoms with van der Waals surface area (Å²) in [6.07, 6.45) is 0.803. The minimum absolute atomic E-state index is 0.0490. The maximum atomic E-state index is 10.1. The molecule has 5 heteroatoms. The van der Waals surface area contributed by atoms with Gasteiger partial charge in [-0.3, -0.25) is 0 Å². The van der Waals surface area contributed by atoms with Crippen LogP contribution in [-0.2, 0) is 0 Å². The van der Waals surface area contributed by atoms with Crippen molar-refractivity contribution in [2.45, 2.75) is 19.4 Å². The molecule has 0 saturated carbocycles. The van der Waals surface area contributed by atoms with E-state index in [1.807, 2.05) is 31.2 Å². The van der Waals surface area contributed by atoms with Gasteiger partial charge in [-0.05, 0) is 36.8 Å². The van der Waals surface area contributed by atoms with Crippen molar-refractivity contribution in [3.05, 3.63) is 51.5 Å². The molecule has 0 aliphatic rings. The summed E-state index contributed by atoms with van der Waals surface area (Å²) in [5, 5.41) is 14.0. The number of rotatable bonds is 5. The second kappa shape index (κ2) is 7.05. The van der Waals surface area contributed by atoms with Crippen LogP contribution in [0.25, 0.3) is 0 Å². The van der Waals surface area contributed by atoms with Crippen LogP contribution in [0.15, 0.2) is 40.9 Å². The quantitative estimate of drug-likeness (QED) is 0.742. The summed E-state index contributed by atoms with van der Waals surface area (Å²) in [5.74, 6) is 0.992. The van der Waals surface area contributed by atoms with E-state index in [-0.39, 0.29) is 11.8 Å². The van der Waals surface area contributed by atoms with Gasteiger partial charge in [0.15, 0.2) is 0 Å². The molecular weight excluding hydrogens is 354 g/mol. The summed E-state index contributed by atoms with van der Waals surface area (Å²) >= 11 is 9.65. The molecule has 21 heavy (non-hydrogen) atoms. The minimum atomic E-state index is -0.0490. The molecule has 112 valence electrons. The zero-order valence-corrected chi connectivity index (χ0v) is 14.2. The third kappa shape index (κ3) is 3.83. The fourth-order valence-corrected chi connectivity index (χ4v) is 2.68. The van der Waals surface area contributed by atoms with Crippen molar-refractivity contribution in [1.82, 2.24) is 0 Å². The lowest BCUT2D eigenvalue weighted by Gasteiger charge is -2.21. The number of hydrogen-bond donors (Lipinski definition) is 2. The Bertz CT molecular complexity index is 634. The standard InChI is InChI=1S/C16H17BrClNO2/c1-3-14(12-8-10(17)4-7-16(12)20)19-15-9-11(21-2)5-6-13(15)18/h4-9,14,19-20H,3H2,1-2H3. The first-order valence-electron chi connectivity index (χ1n) is 6.63. The molecule has 0 aliphatic carbocycles. The lowest BCUT2D eigenvalue weighted by atomic mass is 10.0. The first-order valence-corrected chi connectivity index (χ1v) is 7.80. The van der Waals surface area contributed by atoms with Crippen LogP contribution < -0.4 is 10.1 Å². The molecule has 2 aromatic rings. The summed E-state index contributed by atoms with van der Waals surface area (Å²) in [6, 6.07) is 10.8. The van der Waals surface area contributed by atoms with Gasteiger partial charge in [0.05, 0.1) is 23.9 Å². The highest BCUT2D eigenvalue weighted by atomic mass is 79.9. The van der Waals surface area contributed by atoms with Gasteiger partial charge in [-0.1, -0.05) is 34.5 Å². The molecule has 0 bridgehead atoms. The van der Waals surface area contributed by atoms with E-state index in [4.69, 9.17) is 16.3 Å². The highest BCUT2D eigenvalue weighted by Gasteiger charge is 2.15. The van der Waals surface area contributed by atoms with Gasteiger partial charge in [0.1, 0.15) is 11.5 Å². The van der Waals surface area contributed by atoms with E-state index in [2.05, 4.69) is 21.2 Å². The Balaban J connectivity index is 2.33. The van der Waals surface area contributed by atoms with Crippen LogP contribution in [0, 0.1) is 0 Å². The summed E-state index contributed by atoms with van der Waals surface area (Å²) in [4.78, 5) is 0. The van der Waals surface area contributed by atoms with Crippen LogP contribution in [0.3, 0.4) is 0 Å². The number of aromatic hydroxyl groups is 1. The largest absolute Gasteiger partial charge is 0.508 e. The molecule has 0 aromatic heterocycles. The Kier molecular flexibility index (Phi) is 5.37. The zero-order valence-electron chi connectivity index (χ0n) is 11.9. The van der Waals surface area contributed by atoms with Crippen molar-refractivity contribution in [2.75, 3.05) is 12.4 Å². The molecule has 0 aliphatic heterocycles. The number of hydrogen-bond acceptors (Lipinski definition) is 3. The lowest BCUT2D eigenvalue weighted by Crippen LogP contribution is -2.10. The van der Waals surface area contributed by atoms with Crippen LogP contribution in [-0.4, -0.2) is 12.2 Å². The summed E-state index contributed by atoms with van der Waals surface area (Å²) in [5.41, 5.74) is 1.60. The Hall–Kier alpha value is -1.39. The van der Waals surface area contributed by atoms with Gasteiger partial charge in [-0.2, -0.15) is 0 Å². The van der Waals surface area contributed by atoms with Crippen LogP contribution >= 0.6 is 27.5 Å². The molecule has 0 amide bonds. The Morgan fingerprint density at radius 3 is 2.71 bits per heavy atom. The summed E-state index contributed by atoms with van der Waals surface area (Å²) in [7, 11) is 1.62. The van der Waals surface area contributed by atoms with E-state index < -0.39 is 0 Å². The second-order valence-electron chi connectivity index (χ2n) is 4.65. The maximum absolute atomic E-state index is 10.1. The number of ether oxygens (including phenoxy) is 1. The summed E-state index contributed by atoms with van der Waals surface area (Å²) in [6.45, 7) is 2.05. The van der Waals surface area contributed by atoms with Crippen molar-refractivity contribution >= 4 is 33.2 Å². The predicted octanol–water partition coefficient (Wildman–Crippen LogP) is 5.38. The molecule has 0 fully saturated rings. The monoisotopic (exact) mass is 369 g/mol. The van der Waals surface area contributed by atoms with Gasteiger partial charge in [0, 0.05) is 16.1 Å². The fourth-order valence-electron chi connectivity index (χ4n) is 2.13. The molecular formula is C16H17BrClNO2. The lowest BCUT2D eigenvalue weighted by molar-refractivity contribution is 0.415. The average molecular weight is 371 g/mol. The van der Waals surface area contributed by atoms with Gasteiger partial charge in [-0.15, -0.1) is 0 Å². The zero-order chi connectivity index (χ0) is 15.4. The van der Waals surface area contributed by atoms with Crippen molar-refractivity contribution in [1.29, 1.82) is 0 Å². The molecule has 0 radical (unpaired) electrons. The molecule has 2 rings (SSSR count). The number of benzene rings is 2. The number of phenolic OH excluding ortho intramolecular Hbond substituents is 1. The Labute approximate surface area is 138 Å². The minimum Gasteiger partial charge on any atom is -0.508 e. The van der Waals surface area contributed by atoms with Gasteiger partial charge < -0.3 is 15.2 Å². The first kappa shape index (κ1) is 16.0. The predicted molar refractivity (Wildman–Crippen MR) is 90.5 cm³/mol. The molecule has 0 heterocycles. The van der Waals surface area contributed by atoms with E-state index in [1.54, 1.807) is 19.2 Å². The first-order chi connectivity index (χ1) is 10.0. The van der Waals surface area contributed by atoms with Crippen molar-refractivity contribution in [3.63, 3.8) is 0 Å². The second-order valence-corrected chi connectivity index (χ2v) is 5.98. The number of anilines is 1. The Morgan fingerprint density at radius 1 is 1.29 bits per heavy atom. The number of methoxy groups -OCH3 is 1. The van der Waals surface area contributed by atoms with Gasteiger partial charge in [0.25, 0.3) is 0 Å². The van der Waals surface area contributed by atoms with E-state index in [1.165, 1.54) is 0 Å². The van der Waals surface area contributed by atoms with E-state index >= 15 is 0 Å². The molecule has 0 saturated heterocycles. The normalized spacial score (nSPS) is 12.0. The Morgan fingerprint density at radius 2 is 2.05 bits per heavy atom. The molecule has 2 N–H and O–H groups in total. The average Bonchev–Trinajstić information content (AvgIpc) is 2.49. The topological polar surface area (TPSA) is 41.5 Å². The van der Waals surface area contributed by atoms with Gasteiger partial charge in [-0.25, -0.2) is 0 Å². The van der Waals surface area contributed by atoms with Crippen molar-refractivity contribution < 1.29 is 9.84 Å². The van der Waals surface area contributed by atoms with Gasteiger partial charge >= 0.3 is 0 Å². The van der Waals surface area contributed by atoms with Crippen LogP contribution in [0.4, 0.5) is 5.69 Å². The molecule has 2 aromatic carbocycles. The third-order valence-electron chi connectivity index (χ3n) is 3.28. The smallest absolute Gasteiger partial charge is 0.121 e. The van der Waals surface area contributed by atoms with E-state index in [0.29, 0.717) is 5.02 Å². The number of halogens is 2. The van der Waals surface area contributed by atoms with E-state index in [0.717, 1.165) is 27.9 Å². The van der Waals surface area contributed by atoms with E-state index in [9.17, 15) is 5.11 Å². The maximum Gasteiger partial charge on any atom is 0.121 e. The molecule has 0 spiro atoms. The van der Waals surface area contributed by atoms with Crippen LogP contribution in [0.1, 0.15) is 24.9 Å². The molecule has 3 nitrogen and oxygen atoms in total. The highest BCUT2D eigenvalue weighted by molar-refractivity contribution is 9.10. The van der Waals surface area contributed by atoms with Crippen molar-refractivity contribution in [3.8, 4) is 11.5 Å².